The number of ether oxygens (including phenoxy) is 3. The van der Waals surface area contributed by atoms with Crippen LogP contribution in [0.15, 0.2) is 60.8 Å². The van der Waals surface area contributed by atoms with Crippen LogP contribution in [0.1, 0.15) is 329 Å². The normalized spacial score (nSPS) is 12.4. The highest BCUT2D eigenvalue weighted by Crippen LogP contribution is 2.18. The molecule has 0 radical (unpaired) electrons. The van der Waals surface area contributed by atoms with Crippen molar-refractivity contribution in [2.24, 2.45) is 0 Å². The van der Waals surface area contributed by atoms with E-state index in [4.69, 9.17) is 14.2 Å². The van der Waals surface area contributed by atoms with Crippen LogP contribution in [0.2, 0.25) is 0 Å². The van der Waals surface area contributed by atoms with Gasteiger partial charge in [-0.05, 0) is 44.9 Å². The second-order valence-corrected chi connectivity index (χ2v) is 21.3. The van der Waals surface area contributed by atoms with Crippen molar-refractivity contribution in [3.63, 3.8) is 0 Å². The zero-order valence-corrected chi connectivity index (χ0v) is 48.7. The molecule has 0 aliphatic heterocycles. The van der Waals surface area contributed by atoms with E-state index >= 15 is 0 Å². The number of hydrogen-bond donors (Lipinski definition) is 0. The van der Waals surface area contributed by atoms with Crippen molar-refractivity contribution >= 4 is 17.9 Å². The molecule has 0 aromatic carbocycles. The van der Waals surface area contributed by atoms with Crippen LogP contribution in [0.4, 0.5) is 0 Å². The van der Waals surface area contributed by atoms with E-state index in [9.17, 15) is 14.4 Å². The summed E-state index contributed by atoms with van der Waals surface area (Å²) in [4.78, 5) is 37.9. The zero-order chi connectivity index (χ0) is 52.9. The molecule has 1 unspecified atom stereocenters. The smallest absolute Gasteiger partial charge is 0.310 e. The Kier molecular flexibility index (Phi) is 59.2. The van der Waals surface area contributed by atoms with Crippen molar-refractivity contribution in [1.29, 1.82) is 0 Å². The minimum Gasteiger partial charge on any atom is -0.462 e. The number of esters is 3. The Morgan fingerprint density at radius 3 is 0.781 bits per heavy atom. The second kappa shape index (κ2) is 61.7. The quantitative estimate of drug-likeness (QED) is 0.0261. The molecule has 0 saturated carbocycles. The molecule has 0 N–H and O–H groups in total. The average Bonchev–Trinajstić information content (AvgIpc) is 3.39. The molecule has 6 nitrogen and oxygen atoms in total. The van der Waals surface area contributed by atoms with Gasteiger partial charge in [0.2, 0.25) is 0 Å². The van der Waals surface area contributed by atoms with Gasteiger partial charge in [-0.3, -0.25) is 14.4 Å². The maximum Gasteiger partial charge on any atom is 0.310 e. The molecule has 0 bridgehead atoms. The number of allylic oxidation sites excluding steroid dienone is 9. The second-order valence-electron chi connectivity index (χ2n) is 21.3. The summed E-state index contributed by atoms with van der Waals surface area (Å²) < 4.78 is 16.7. The molecule has 6 heteroatoms. The van der Waals surface area contributed by atoms with Crippen molar-refractivity contribution < 1.29 is 28.6 Å². The third kappa shape index (κ3) is 59.9. The number of unbranched alkanes of at least 4 members (excludes halogenated alkanes) is 38. The third-order valence-electron chi connectivity index (χ3n) is 14.1. The summed E-state index contributed by atoms with van der Waals surface area (Å²) >= 11 is 0. The molecule has 0 aromatic rings. The standard InChI is InChI=1S/C67H120O6/c1-4-7-10-13-16-18-20-22-24-25-26-27-28-29-30-31-32-33-34-35-36-37-38-39-40-41-43-44-46-48-51-54-57-60-66(69)72-63-64(62-71-65(68)59-56-53-50-15-12-9-6-3)73-67(70)61-58-55-52-49-47-45-42-23-21-19-17-14-11-8-5-2/h8,11,17,19,23,42,47,49,55,58,64H,4-7,9-10,12-16,18,20-22,24-41,43-46,48,50-54,56-57,59-63H2,1-3H3/b11-8-,19-17-,42-23-,49-47-,58-55-. The largest absolute Gasteiger partial charge is 0.462 e. The predicted octanol–water partition coefficient (Wildman–Crippen LogP) is 21.6. The van der Waals surface area contributed by atoms with Gasteiger partial charge in [0.05, 0.1) is 6.42 Å². The Morgan fingerprint density at radius 1 is 0.288 bits per heavy atom. The maximum atomic E-state index is 12.7. The van der Waals surface area contributed by atoms with E-state index in [1.807, 2.05) is 6.08 Å². The van der Waals surface area contributed by atoms with Gasteiger partial charge < -0.3 is 14.2 Å². The molecule has 73 heavy (non-hydrogen) atoms. The lowest BCUT2D eigenvalue weighted by atomic mass is 10.0. The Morgan fingerprint density at radius 2 is 0.521 bits per heavy atom. The van der Waals surface area contributed by atoms with Gasteiger partial charge in [0, 0.05) is 12.8 Å². The van der Waals surface area contributed by atoms with Gasteiger partial charge in [0.1, 0.15) is 13.2 Å². The first-order valence-corrected chi connectivity index (χ1v) is 31.8. The minimum atomic E-state index is -0.824. The van der Waals surface area contributed by atoms with Crippen molar-refractivity contribution in [2.75, 3.05) is 13.2 Å². The van der Waals surface area contributed by atoms with Crippen LogP contribution in [-0.4, -0.2) is 37.2 Å². The van der Waals surface area contributed by atoms with Gasteiger partial charge in [-0.25, -0.2) is 0 Å². The fourth-order valence-electron chi connectivity index (χ4n) is 9.35. The molecule has 0 heterocycles. The molecule has 0 spiro atoms. The summed E-state index contributed by atoms with van der Waals surface area (Å²) in [5.74, 6) is -1.04. The monoisotopic (exact) mass is 1020 g/mol. The van der Waals surface area contributed by atoms with Gasteiger partial charge >= 0.3 is 17.9 Å². The van der Waals surface area contributed by atoms with E-state index < -0.39 is 12.1 Å². The minimum absolute atomic E-state index is 0.101. The average molecular weight is 1020 g/mol. The number of rotatable bonds is 58. The van der Waals surface area contributed by atoms with E-state index in [1.54, 1.807) is 6.08 Å². The van der Waals surface area contributed by atoms with Crippen LogP contribution >= 0.6 is 0 Å². The lowest BCUT2D eigenvalue weighted by Crippen LogP contribution is -2.30. The van der Waals surface area contributed by atoms with Gasteiger partial charge in [-0.15, -0.1) is 0 Å². The van der Waals surface area contributed by atoms with Crippen molar-refractivity contribution in [3.8, 4) is 0 Å². The Balaban J connectivity index is 3.99. The molecule has 1 atom stereocenters. The third-order valence-corrected chi connectivity index (χ3v) is 14.1. The van der Waals surface area contributed by atoms with Crippen molar-refractivity contribution in [2.45, 2.75) is 335 Å². The van der Waals surface area contributed by atoms with Crippen LogP contribution in [0, 0.1) is 0 Å². The summed E-state index contributed by atoms with van der Waals surface area (Å²) in [5, 5.41) is 0. The lowest BCUT2D eigenvalue weighted by molar-refractivity contribution is -0.166. The number of carbonyl (C=O) groups excluding carboxylic acids is 3. The summed E-state index contributed by atoms with van der Waals surface area (Å²) in [6.45, 7) is 6.43. The number of hydrogen-bond acceptors (Lipinski definition) is 6. The lowest BCUT2D eigenvalue weighted by Gasteiger charge is -2.18. The molecule has 0 aromatic heterocycles. The van der Waals surface area contributed by atoms with Crippen LogP contribution in [0.5, 0.6) is 0 Å². The van der Waals surface area contributed by atoms with E-state index in [0.717, 1.165) is 70.6 Å². The zero-order valence-electron chi connectivity index (χ0n) is 48.7. The molecular weight excluding hydrogens is 901 g/mol. The predicted molar refractivity (Wildman–Crippen MR) is 316 cm³/mol. The Labute approximate surface area is 453 Å². The molecule has 0 rings (SSSR count). The Bertz CT molecular complexity index is 1310. The van der Waals surface area contributed by atoms with Crippen molar-refractivity contribution in [1.82, 2.24) is 0 Å². The van der Waals surface area contributed by atoms with E-state index in [2.05, 4.69) is 69.4 Å². The molecule has 0 aliphatic carbocycles. The van der Waals surface area contributed by atoms with Gasteiger partial charge in [0.25, 0.3) is 0 Å². The Hall–Kier alpha value is -2.89. The molecule has 424 valence electrons. The van der Waals surface area contributed by atoms with Crippen LogP contribution in [-0.2, 0) is 28.6 Å². The first kappa shape index (κ1) is 70.1. The SMILES string of the molecule is CC/C=C\C/C=C\C/C=C\C/C=C\C/C=C\CC(=O)OC(COC(=O)CCCCCCCCC)COC(=O)CCCCCCCCCCCCCCCCCCCCCCCCCCCCCCCCCCC. The molecule has 0 aliphatic rings. The van der Waals surface area contributed by atoms with E-state index in [0.29, 0.717) is 12.8 Å². The summed E-state index contributed by atoms with van der Waals surface area (Å²) in [5.41, 5.74) is 0. The first-order chi connectivity index (χ1) is 36.0. The summed E-state index contributed by atoms with van der Waals surface area (Å²) in [6.07, 6.45) is 78.9. The maximum absolute atomic E-state index is 12.7. The van der Waals surface area contributed by atoms with E-state index in [1.165, 1.54) is 218 Å². The van der Waals surface area contributed by atoms with Gasteiger partial charge in [-0.1, -0.05) is 326 Å². The fourth-order valence-corrected chi connectivity index (χ4v) is 9.35. The molecule has 0 saturated heterocycles. The topological polar surface area (TPSA) is 78.9 Å². The number of carbonyl (C=O) groups is 3. The highest BCUT2D eigenvalue weighted by molar-refractivity contribution is 5.72. The molecule has 0 amide bonds. The van der Waals surface area contributed by atoms with Crippen LogP contribution in [0.3, 0.4) is 0 Å². The van der Waals surface area contributed by atoms with Crippen molar-refractivity contribution in [3.05, 3.63) is 60.8 Å². The van der Waals surface area contributed by atoms with Crippen LogP contribution in [0.25, 0.3) is 0 Å². The highest BCUT2D eigenvalue weighted by Gasteiger charge is 2.19. The summed E-state index contributed by atoms with van der Waals surface area (Å²) in [7, 11) is 0. The molecule has 0 fully saturated rings. The van der Waals surface area contributed by atoms with Gasteiger partial charge in [0.15, 0.2) is 6.10 Å². The highest BCUT2D eigenvalue weighted by atomic mass is 16.6. The fraction of sp³-hybridized carbons (Fsp3) is 0.806. The molecular formula is C67H120O6. The first-order valence-electron chi connectivity index (χ1n) is 31.8. The summed E-state index contributed by atoms with van der Waals surface area (Å²) in [6, 6.07) is 0. The van der Waals surface area contributed by atoms with Crippen LogP contribution < -0.4 is 0 Å². The van der Waals surface area contributed by atoms with Gasteiger partial charge in [-0.2, -0.15) is 0 Å². The van der Waals surface area contributed by atoms with E-state index in [-0.39, 0.29) is 31.6 Å².